The van der Waals surface area contributed by atoms with Gasteiger partial charge in [-0.05, 0) is 25.7 Å². The lowest BCUT2D eigenvalue weighted by Crippen LogP contribution is -2.35. The van der Waals surface area contributed by atoms with Gasteiger partial charge in [0.2, 0.25) is 0 Å². The number of nitriles is 1. The molecule has 1 radical (unpaired) electrons. The minimum absolute atomic E-state index is 0.237. The smallest absolute Gasteiger partial charge is 0.152 e. The first kappa shape index (κ1) is 19.8. The van der Waals surface area contributed by atoms with Gasteiger partial charge in [-0.25, -0.2) is 15.0 Å². The predicted molar refractivity (Wildman–Crippen MR) is 123 cm³/mol. The van der Waals surface area contributed by atoms with Crippen LogP contribution >= 0.6 is 11.3 Å². The van der Waals surface area contributed by atoms with Crippen LogP contribution in [0.5, 0.6) is 0 Å². The molecule has 2 aliphatic heterocycles. The summed E-state index contributed by atoms with van der Waals surface area (Å²) in [4.78, 5) is 17.9. The number of nitrogens with two attached hydrogens (primary N) is 1. The molecule has 0 spiro atoms. The summed E-state index contributed by atoms with van der Waals surface area (Å²) in [5.74, 6) is 1.17. The summed E-state index contributed by atoms with van der Waals surface area (Å²) < 4.78 is 0. The van der Waals surface area contributed by atoms with Crippen LogP contribution in [-0.2, 0) is 0 Å². The average molecular weight is 431 g/mol. The molecular weight excluding hydrogens is 406 g/mol. The maximum atomic E-state index is 9.50. The van der Waals surface area contributed by atoms with Gasteiger partial charge in [0.25, 0.3) is 0 Å². The van der Waals surface area contributed by atoms with Crippen LogP contribution in [0, 0.1) is 17.4 Å². The molecule has 4 heterocycles. The van der Waals surface area contributed by atoms with Crippen molar-refractivity contribution in [3.8, 4) is 17.3 Å². The maximum Gasteiger partial charge on any atom is 0.152 e. The standard InChI is InChI=1S/C23H24N7S/c24-12-18-21(25)26-15-27-22(18)30-11-5-6-16(13-30)23-28-19(14-31-23)17-7-1-2-8-20(17)29-9-3-4-10-29/h1-2,7,14-16H,3-6,9-11,13H2,(H2,25,26,27). The Balaban J connectivity index is 1.40. The number of piperidine rings is 1. The van der Waals surface area contributed by atoms with E-state index in [1.165, 1.54) is 19.2 Å². The number of nitrogens with zero attached hydrogens (tertiary/aromatic N) is 6. The van der Waals surface area contributed by atoms with Crippen LogP contribution in [0.25, 0.3) is 11.3 Å². The van der Waals surface area contributed by atoms with Gasteiger partial charge < -0.3 is 15.5 Å². The van der Waals surface area contributed by atoms with Crippen molar-refractivity contribution >= 4 is 28.7 Å². The van der Waals surface area contributed by atoms with E-state index in [0.717, 1.165) is 61.0 Å². The lowest BCUT2D eigenvalue weighted by Gasteiger charge is -2.33. The number of nitrogen functional groups attached to an aromatic ring is 1. The topological polar surface area (TPSA) is 95.0 Å². The largest absolute Gasteiger partial charge is 0.382 e. The first-order valence-electron chi connectivity index (χ1n) is 10.7. The Kier molecular flexibility index (Phi) is 5.43. The van der Waals surface area contributed by atoms with Gasteiger partial charge in [0.1, 0.15) is 23.8 Å². The maximum absolute atomic E-state index is 9.50. The molecule has 1 unspecified atom stereocenters. The van der Waals surface area contributed by atoms with Crippen LogP contribution in [0.3, 0.4) is 0 Å². The Morgan fingerprint density at radius 1 is 1.16 bits per heavy atom. The first-order valence-corrected chi connectivity index (χ1v) is 11.6. The highest BCUT2D eigenvalue weighted by molar-refractivity contribution is 7.10. The first-order chi connectivity index (χ1) is 15.2. The summed E-state index contributed by atoms with van der Waals surface area (Å²) in [6, 6.07) is 11.8. The fraction of sp³-hybridized carbons (Fsp3) is 0.391. The molecule has 0 bridgehead atoms. The Morgan fingerprint density at radius 3 is 2.84 bits per heavy atom. The molecule has 2 saturated heterocycles. The minimum Gasteiger partial charge on any atom is -0.382 e. The zero-order valence-electron chi connectivity index (χ0n) is 17.3. The summed E-state index contributed by atoms with van der Waals surface area (Å²) >= 11 is 1.72. The molecule has 2 aromatic heterocycles. The normalized spacial score (nSPS) is 18.9. The van der Waals surface area contributed by atoms with Gasteiger partial charge >= 0.3 is 0 Å². The zero-order valence-corrected chi connectivity index (χ0v) is 18.1. The summed E-state index contributed by atoms with van der Waals surface area (Å²) in [5, 5.41) is 12.8. The molecule has 1 atom stereocenters. The van der Waals surface area contributed by atoms with Crippen LogP contribution in [0.2, 0.25) is 0 Å². The van der Waals surface area contributed by atoms with E-state index >= 15 is 0 Å². The number of para-hydroxylation sites is 1. The summed E-state index contributed by atoms with van der Waals surface area (Å²) in [5.41, 5.74) is 9.61. The van der Waals surface area contributed by atoms with Crippen LogP contribution in [0.4, 0.5) is 17.3 Å². The van der Waals surface area contributed by atoms with Crippen molar-refractivity contribution in [2.75, 3.05) is 41.7 Å². The van der Waals surface area contributed by atoms with Crippen LogP contribution < -0.4 is 15.5 Å². The predicted octanol–water partition coefficient (Wildman–Crippen LogP) is 3.84. The molecule has 0 saturated carbocycles. The number of rotatable bonds is 4. The van der Waals surface area contributed by atoms with Crippen molar-refractivity contribution in [2.45, 2.75) is 31.6 Å². The van der Waals surface area contributed by atoms with E-state index in [1.807, 2.05) is 12.1 Å². The number of benzene rings is 1. The SMILES string of the molecule is N#Cc1c(N)ncnc1N1CCCC(c2nc(-c3ccc[c]c3N3CCCC3)cs2)C1. The molecule has 157 valence electrons. The van der Waals surface area contributed by atoms with Gasteiger partial charge in [-0.2, -0.15) is 5.26 Å². The number of hydrogen-bond acceptors (Lipinski definition) is 8. The second kappa shape index (κ2) is 8.52. The molecule has 7 nitrogen and oxygen atoms in total. The van der Waals surface area contributed by atoms with E-state index in [-0.39, 0.29) is 5.82 Å². The highest BCUT2D eigenvalue weighted by Gasteiger charge is 2.27. The highest BCUT2D eigenvalue weighted by Crippen LogP contribution is 2.37. The van der Waals surface area contributed by atoms with Crippen molar-refractivity contribution in [1.82, 2.24) is 15.0 Å². The molecule has 2 N–H and O–H groups in total. The lowest BCUT2D eigenvalue weighted by molar-refractivity contribution is 0.505. The molecule has 5 rings (SSSR count). The zero-order chi connectivity index (χ0) is 21.2. The molecule has 8 heteroatoms. The Bertz CT molecular complexity index is 1110. The number of anilines is 3. The van der Waals surface area contributed by atoms with Gasteiger partial charge in [-0.1, -0.05) is 18.2 Å². The van der Waals surface area contributed by atoms with Crippen molar-refractivity contribution in [1.29, 1.82) is 5.26 Å². The molecule has 1 aromatic carbocycles. The van der Waals surface area contributed by atoms with Crippen molar-refractivity contribution in [3.05, 3.63) is 46.5 Å². The molecule has 3 aromatic rings. The molecule has 2 fully saturated rings. The quantitative estimate of drug-likeness (QED) is 0.672. The van der Waals surface area contributed by atoms with Crippen LogP contribution in [-0.4, -0.2) is 41.1 Å². The van der Waals surface area contributed by atoms with Gasteiger partial charge in [0, 0.05) is 49.1 Å². The van der Waals surface area contributed by atoms with Crippen LogP contribution in [0.15, 0.2) is 29.9 Å². The molecule has 0 aliphatic carbocycles. The number of aromatic nitrogens is 3. The van der Waals surface area contributed by atoms with E-state index in [1.54, 1.807) is 11.3 Å². The highest BCUT2D eigenvalue weighted by atomic mass is 32.1. The second-order valence-corrected chi connectivity index (χ2v) is 8.94. The molecule has 0 amide bonds. The Hall–Kier alpha value is -3.18. The van der Waals surface area contributed by atoms with E-state index in [4.69, 9.17) is 10.7 Å². The van der Waals surface area contributed by atoms with Crippen molar-refractivity contribution in [3.63, 3.8) is 0 Å². The summed E-state index contributed by atoms with van der Waals surface area (Å²) in [6.07, 6.45) is 6.00. The van der Waals surface area contributed by atoms with Gasteiger partial charge in [0.15, 0.2) is 5.82 Å². The van der Waals surface area contributed by atoms with Gasteiger partial charge in [-0.3, -0.25) is 0 Å². The van der Waals surface area contributed by atoms with E-state index < -0.39 is 0 Å². The fourth-order valence-corrected chi connectivity index (χ4v) is 5.49. The monoisotopic (exact) mass is 430 g/mol. The van der Waals surface area contributed by atoms with Crippen molar-refractivity contribution < 1.29 is 0 Å². The Morgan fingerprint density at radius 2 is 2.00 bits per heavy atom. The minimum atomic E-state index is 0.237. The van der Waals surface area contributed by atoms with E-state index in [0.29, 0.717) is 17.3 Å². The van der Waals surface area contributed by atoms with E-state index in [9.17, 15) is 5.26 Å². The molecule has 31 heavy (non-hydrogen) atoms. The van der Waals surface area contributed by atoms with Crippen molar-refractivity contribution in [2.24, 2.45) is 0 Å². The second-order valence-electron chi connectivity index (χ2n) is 8.05. The lowest BCUT2D eigenvalue weighted by atomic mass is 9.98. The Labute approximate surface area is 186 Å². The number of hydrogen-bond donors (Lipinski definition) is 1. The van der Waals surface area contributed by atoms with Gasteiger partial charge in [0.05, 0.1) is 16.4 Å². The third-order valence-corrected chi connectivity index (χ3v) is 7.10. The average Bonchev–Trinajstić information content (AvgIpc) is 3.52. The number of thiazole rings is 1. The van der Waals surface area contributed by atoms with E-state index in [2.05, 4.69) is 43.3 Å². The summed E-state index contributed by atoms with van der Waals surface area (Å²) in [6.45, 7) is 3.81. The third-order valence-electron chi connectivity index (χ3n) is 6.09. The van der Waals surface area contributed by atoms with Gasteiger partial charge in [-0.15, -0.1) is 11.3 Å². The van der Waals surface area contributed by atoms with Crippen LogP contribution in [0.1, 0.15) is 42.2 Å². The summed E-state index contributed by atoms with van der Waals surface area (Å²) in [7, 11) is 0. The fourth-order valence-electron chi connectivity index (χ4n) is 4.54. The molecular formula is C23H24N7S. The third kappa shape index (κ3) is 3.81. The molecule has 2 aliphatic rings.